The zero-order valence-corrected chi connectivity index (χ0v) is 11.7. The van der Waals surface area contributed by atoms with Gasteiger partial charge in [-0.15, -0.1) is 0 Å². The van der Waals surface area contributed by atoms with Crippen molar-refractivity contribution in [3.05, 3.63) is 65.7 Å². The van der Waals surface area contributed by atoms with Crippen LogP contribution in [0.25, 0.3) is 0 Å². The van der Waals surface area contributed by atoms with Crippen LogP contribution in [0, 0.1) is 0 Å². The van der Waals surface area contributed by atoms with Gasteiger partial charge < -0.3 is 11.1 Å². The molecule has 0 fully saturated rings. The van der Waals surface area contributed by atoms with Crippen LogP contribution in [-0.2, 0) is 11.2 Å². The van der Waals surface area contributed by atoms with E-state index in [2.05, 4.69) is 24.4 Å². The normalized spacial score (nSPS) is 11.8. The minimum atomic E-state index is -0.310. The van der Waals surface area contributed by atoms with Crippen LogP contribution in [0.15, 0.2) is 54.6 Å². The molecular formula is C17H20N2O. The van der Waals surface area contributed by atoms with Gasteiger partial charge in [0, 0.05) is 12.2 Å². The minimum Gasteiger partial charge on any atom is -0.384 e. The maximum atomic E-state index is 11.1. The third kappa shape index (κ3) is 3.85. The first-order chi connectivity index (χ1) is 9.66. The van der Waals surface area contributed by atoms with E-state index in [0.717, 1.165) is 17.8 Å². The second-order valence-electron chi connectivity index (χ2n) is 4.99. The third-order valence-electron chi connectivity index (χ3n) is 3.35. The van der Waals surface area contributed by atoms with E-state index in [1.807, 2.05) is 42.5 Å². The van der Waals surface area contributed by atoms with Crippen LogP contribution >= 0.6 is 0 Å². The van der Waals surface area contributed by atoms with Gasteiger partial charge in [-0.1, -0.05) is 55.5 Å². The lowest BCUT2D eigenvalue weighted by Crippen LogP contribution is -2.16. The van der Waals surface area contributed by atoms with Crippen LogP contribution in [0.1, 0.15) is 24.0 Å². The molecule has 1 amide bonds. The molecular weight excluding hydrogens is 248 g/mol. The van der Waals surface area contributed by atoms with Gasteiger partial charge in [-0.25, -0.2) is 0 Å². The lowest BCUT2D eigenvalue weighted by Gasteiger charge is -2.16. The number of carbonyl (C=O) groups is 1. The summed E-state index contributed by atoms with van der Waals surface area (Å²) in [5, 5.41) is 3.41. The van der Waals surface area contributed by atoms with Gasteiger partial charge in [-0.2, -0.15) is 0 Å². The molecule has 0 radical (unpaired) electrons. The summed E-state index contributed by atoms with van der Waals surface area (Å²) < 4.78 is 0. The number of rotatable bonds is 6. The summed E-state index contributed by atoms with van der Waals surface area (Å²) in [6.45, 7) is 3.00. The average Bonchev–Trinajstić information content (AvgIpc) is 2.46. The Hall–Kier alpha value is -2.29. The topological polar surface area (TPSA) is 55.1 Å². The number of anilines is 1. The van der Waals surface area contributed by atoms with Crippen molar-refractivity contribution in [1.29, 1.82) is 0 Å². The zero-order chi connectivity index (χ0) is 14.4. The van der Waals surface area contributed by atoms with Gasteiger partial charge in [0.1, 0.15) is 0 Å². The number of primary amides is 1. The molecule has 0 aliphatic rings. The van der Waals surface area contributed by atoms with Crippen molar-refractivity contribution < 1.29 is 4.79 Å². The van der Waals surface area contributed by atoms with Crippen molar-refractivity contribution in [2.75, 3.05) is 11.9 Å². The molecule has 0 saturated carbocycles. The molecule has 1 unspecified atom stereocenters. The van der Waals surface area contributed by atoms with Crippen molar-refractivity contribution in [3.8, 4) is 0 Å². The first-order valence-corrected chi connectivity index (χ1v) is 6.82. The first-order valence-electron chi connectivity index (χ1n) is 6.82. The highest BCUT2D eigenvalue weighted by Gasteiger charge is 2.08. The van der Waals surface area contributed by atoms with E-state index >= 15 is 0 Å². The lowest BCUT2D eigenvalue weighted by molar-refractivity contribution is -0.117. The van der Waals surface area contributed by atoms with Gasteiger partial charge in [0.2, 0.25) is 5.91 Å². The SMILES string of the molecule is CC(CNc1ccccc1CC(N)=O)c1ccccc1. The molecule has 0 saturated heterocycles. The Labute approximate surface area is 119 Å². The fourth-order valence-electron chi connectivity index (χ4n) is 2.20. The largest absolute Gasteiger partial charge is 0.384 e. The Bertz CT molecular complexity index is 566. The summed E-state index contributed by atoms with van der Waals surface area (Å²) in [4.78, 5) is 11.1. The predicted molar refractivity (Wildman–Crippen MR) is 82.7 cm³/mol. The third-order valence-corrected chi connectivity index (χ3v) is 3.35. The number of para-hydroxylation sites is 1. The molecule has 0 aromatic heterocycles. The Kier molecular flexibility index (Phi) is 4.77. The van der Waals surface area contributed by atoms with E-state index in [1.165, 1.54) is 5.56 Å². The smallest absolute Gasteiger partial charge is 0.221 e. The standard InChI is InChI=1S/C17H20N2O/c1-13(14-7-3-2-4-8-14)12-19-16-10-6-5-9-15(16)11-17(18)20/h2-10,13,19H,11-12H2,1H3,(H2,18,20). The monoisotopic (exact) mass is 268 g/mol. The molecule has 2 aromatic rings. The predicted octanol–water partition coefficient (Wildman–Crippen LogP) is 2.93. The summed E-state index contributed by atoms with van der Waals surface area (Å²) in [6, 6.07) is 18.2. The number of benzene rings is 2. The van der Waals surface area contributed by atoms with Gasteiger partial charge in [0.25, 0.3) is 0 Å². The van der Waals surface area contributed by atoms with Crippen LogP contribution < -0.4 is 11.1 Å². The summed E-state index contributed by atoms with van der Waals surface area (Å²) in [6.07, 6.45) is 0.267. The van der Waals surface area contributed by atoms with E-state index in [0.29, 0.717) is 5.92 Å². The van der Waals surface area contributed by atoms with Crippen molar-refractivity contribution >= 4 is 11.6 Å². The molecule has 1 atom stereocenters. The Morgan fingerprint density at radius 3 is 2.45 bits per heavy atom. The molecule has 3 N–H and O–H groups in total. The Balaban J connectivity index is 2.02. The zero-order valence-electron chi connectivity index (χ0n) is 11.7. The fraction of sp³-hybridized carbons (Fsp3) is 0.235. The summed E-state index contributed by atoms with van der Waals surface area (Å²) in [5.41, 5.74) is 8.50. The maximum absolute atomic E-state index is 11.1. The summed E-state index contributed by atoms with van der Waals surface area (Å²) in [5.74, 6) is 0.0909. The molecule has 0 heterocycles. The number of nitrogens with two attached hydrogens (primary N) is 1. The van der Waals surface area contributed by atoms with Crippen LogP contribution in [0.5, 0.6) is 0 Å². The average molecular weight is 268 g/mol. The van der Waals surface area contributed by atoms with Crippen LogP contribution in [-0.4, -0.2) is 12.5 Å². The van der Waals surface area contributed by atoms with Crippen molar-refractivity contribution in [3.63, 3.8) is 0 Å². The fourth-order valence-corrected chi connectivity index (χ4v) is 2.20. The molecule has 3 heteroatoms. The van der Waals surface area contributed by atoms with Gasteiger partial charge >= 0.3 is 0 Å². The van der Waals surface area contributed by atoms with E-state index in [4.69, 9.17) is 5.73 Å². The number of nitrogens with one attached hydrogen (secondary N) is 1. The molecule has 20 heavy (non-hydrogen) atoms. The van der Waals surface area contributed by atoms with Crippen LogP contribution in [0.4, 0.5) is 5.69 Å². The van der Waals surface area contributed by atoms with E-state index in [-0.39, 0.29) is 12.3 Å². The number of carbonyl (C=O) groups excluding carboxylic acids is 1. The van der Waals surface area contributed by atoms with Gasteiger partial charge in [-0.05, 0) is 23.1 Å². The van der Waals surface area contributed by atoms with E-state index < -0.39 is 0 Å². The number of hydrogen-bond donors (Lipinski definition) is 2. The minimum absolute atomic E-state index is 0.267. The maximum Gasteiger partial charge on any atom is 0.221 e. The van der Waals surface area contributed by atoms with E-state index in [9.17, 15) is 4.79 Å². The van der Waals surface area contributed by atoms with Gasteiger partial charge in [-0.3, -0.25) is 4.79 Å². The molecule has 0 aliphatic carbocycles. The molecule has 0 spiro atoms. The Morgan fingerprint density at radius 2 is 1.75 bits per heavy atom. The van der Waals surface area contributed by atoms with Crippen LogP contribution in [0.3, 0.4) is 0 Å². The van der Waals surface area contributed by atoms with Crippen molar-refractivity contribution in [2.24, 2.45) is 5.73 Å². The van der Waals surface area contributed by atoms with Gasteiger partial charge in [0.15, 0.2) is 0 Å². The van der Waals surface area contributed by atoms with Crippen molar-refractivity contribution in [1.82, 2.24) is 0 Å². The highest BCUT2D eigenvalue weighted by molar-refractivity contribution is 5.78. The highest BCUT2D eigenvalue weighted by atomic mass is 16.1. The second kappa shape index (κ2) is 6.75. The highest BCUT2D eigenvalue weighted by Crippen LogP contribution is 2.19. The molecule has 2 aromatic carbocycles. The van der Waals surface area contributed by atoms with Crippen LogP contribution in [0.2, 0.25) is 0 Å². The Morgan fingerprint density at radius 1 is 1.10 bits per heavy atom. The molecule has 0 aliphatic heterocycles. The lowest BCUT2D eigenvalue weighted by atomic mass is 10.0. The summed E-state index contributed by atoms with van der Waals surface area (Å²) >= 11 is 0. The molecule has 104 valence electrons. The molecule has 0 bridgehead atoms. The quantitative estimate of drug-likeness (QED) is 0.846. The van der Waals surface area contributed by atoms with Crippen molar-refractivity contribution in [2.45, 2.75) is 19.3 Å². The number of amides is 1. The molecule has 2 rings (SSSR count). The van der Waals surface area contributed by atoms with Gasteiger partial charge in [0.05, 0.1) is 6.42 Å². The summed E-state index contributed by atoms with van der Waals surface area (Å²) in [7, 11) is 0. The van der Waals surface area contributed by atoms with E-state index in [1.54, 1.807) is 0 Å². The first kappa shape index (κ1) is 14.1. The number of hydrogen-bond acceptors (Lipinski definition) is 2. The molecule has 3 nitrogen and oxygen atoms in total. The second-order valence-corrected chi connectivity index (χ2v) is 4.99.